The van der Waals surface area contributed by atoms with Gasteiger partial charge in [0.05, 0.1) is 5.69 Å². The fourth-order valence-electron chi connectivity index (χ4n) is 3.84. The van der Waals surface area contributed by atoms with Gasteiger partial charge in [-0.05, 0) is 47.5 Å². The molecule has 0 bridgehead atoms. The SMILES string of the molecule is CC1CCCC(c2nc(C3CCCC3)c(Br)c(=O)[nH]2)C1. The van der Waals surface area contributed by atoms with Gasteiger partial charge in [0.25, 0.3) is 5.56 Å². The normalized spacial score (nSPS) is 27.9. The molecule has 2 atom stereocenters. The van der Waals surface area contributed by atoms with Crippen molar-refractivity contribution in [2.24, 2.45) is 5.92 Å². The molecule has 0 aliphatic heterocycles. The van der Waals surface area contributed by atoms with Gasteiger partial charge in [-0.15, -0.1) is 0 Å². The smallest absolute Gasteiger partial charge is 0.265 e. The summed E-state index contributed by atoms with van der Waals surface area (Å²) in [5.74, 6) is 2.61. The molecule has 0 saturated heterocycles. The van der Waals surface area contributed by atoms with Crippen molar-refractivity contribution in [1.82, 2.24) is 9.97 Å². The lowest BCUT2D eigenvalue weighted by Crippen LogP contribution is -2.22. The molecule has 2 aliphatic carbocycles. The number of hydrogen-bond donors (Lipinski definition) is 1. The van der Waals surface area contributed by atoms with Crippen LogP contribution in [0.5, 0.6) is 0 Å². The highest BCUT2D eigenvalue weighted by molar-refractivity contribution is 9.10. The molecule has 110 valence electrons. The van der Waals surface area contributed by atoms with Crippen LogP contribution in [0.2, 0.25) is 0 Å². The topological polar surface area (TPSA) is 45.8 Å². The van der Waals surface area contributed by atoms with Gasteiger partial charge in [0.1, 0.15) is 10.3 Å². The van der Waals surface area contributed by atoms with Crippen LogP contribution < -0.4 is 5.56 Å². The molecule has 2 aliphatic rings. The van der Waals surface area contributed by atoms with Crippen molar-refractivity contribution < 1.29 is 0 Å². The predicted octanol–water partition coefficient (Wildman–Crippen LogP) is 4.48. The average Bonchev–Trinajstić information content (AvgIpc) is 2.95. The quantitative estimate of drug-likeness (QED) is 0.863. The summed E-state index contributed by atoms with van der Waals surface area (Å²) in [4.78, 5) is 20.1. The van der Waals surface area contributed by atoms with Gasteiger partial charge in [-0.25, -0.2) is 4.98 Å². The molecule has 4 heteroatoms. The molecule has 2 unspecified atom stereocenters. The van der Waals surface area contributed by atoms with E-state index in [0.717, 1.165) is 23.9 Å². The second-order valence-electron chi connectivity index (χ2n) is 6.60. The van der Waals surface area contributed by atoms with Crippen molar-refractivity contribution in [2.75, 3.05) is 0 Å². The average molecular weight is 339 g/mol. The summed E-state index contributed by atoms with van der Waals surface area (Å²) in [5.41, 5.74) is 1.02. The number of aromatic nitrogens is 2. The molecule has 0 spiro atoms. The Labute approximate surface area is 128 Å². The van der Waals surface area contributed by atoms with Crippen LogP contribution in [0.3, 0.4) is 0 Å². The van der Waals surface area contributed by atoms with Crippen LogP contribution in [0.15, 0.2) is 9.27 Å². The zero-order valence-corrected chi connectivity index (χ0v) is 13.7. The minimum absolute atomic E-state index is 0.00938. The summed E-state index contributed by atoms with van der Waals surface area (Å²) >= 11 is 3.45. The number of H-pyrrole nitrogens is 1. The zero-order valence-electron chi connectivity index (χ0n) is 12.1. The molecule has 2 fully saturated rings. The lowest BCUT2D eigenvalue weighted by atomic mass is 9.82. The van der Waals surface area contributed by atoms with Crippen molar-refractivity contribution in [3.8, 4) is 0 Å². The Hall–Kier alpha value is -0.640. The second-order valence-corrected chi connectivity index (χ2v) is 7.39. The minimum Gasteiger partial charge on any atom is -0.309 e. The largest absolute Gasteiger partial charge is 0.309 e. The minimum atomic E-state index is 0.00938. The van der Waals surface area contributed by atoms with Gasteiger partial charge in [-0.3, -0.25) is 4.79 Å². The molecule has 20 heavy (non-hydrogen) atoms. The van der Waals surface area contributed by atoms with E-state index >= 15 is 0 Å². The summed E-state index contributed by atoms with van der Waals surface area (Å²) in [7, 11) is 0. The number of aromatic amines is 1. The third kappa shape index (κ3) is 2.85. The van der Waals surface area contributed by atoms with Crippen molar-refractivity contribution in [3.05, 3.63) is 26.3 Å². The van der Waals surface area contributed by atoms with Gasteiger partial charge in [-0.2, -0.15) is 0 Å². The Bertz CT molecular complexity index is 534. The van der Waals surface area contributed by atoms with Crippen LogP contribution in [0.4, 0.5) is 0 Å². The number of hydrogen-bond acceptors (Lipinski definition) is 2. The Balaban J connectivity index is 1.93. The van der Waals surface area contributed by atoms with E-state index in [1.165, 1.54) is 44.9 Å². The van der Waals surface area contributed by atoms with Gasteiger partial charge in [0.2, 0.25) is 0 Å². The van der Waals surface area contributed by atoms with Gasteiger partial charge in [0, 0.05) is 11.8 Å². The highest BCUT2D eigenvalue weighted by Gasteiger charge is 2.27. The Morgan fingerprint density at radius 1 is 1.10 bits per heavy atom. The number of halogens is 1. The molecule has 1 N–H and O–H groups in total. The lowest BCUT2D eigenvalue weighted by molar-refractivity contribution is 0.334. The van der Waals surface area contributed by atoms with Crippen LogP contribution in [-0.2, 0) is 0 Å². The molecule has 1 aromatic heterocycles. The van der Waals surface area contributed by atoms with Crippen LogP contribution in [0, 0.1) is 5.92 Å². The molecule has 3 rings (SSSR count). The third-order valence-corrected chi connectivity index (χ3v) is 5.74. The van der Waals surface area contributed by atoms with Crippen LogP contribution in [-0.4, -0.2) is 9.97 Å². The fraction of sp³-hybridized carbons (Fsp3) is 0.750. The molecular formula is C16H23BrN2O. The summed E-state index contributed by atoms with van der Waals surface area (Å²) in [5, 5.41) is 0. The summed E-state index contributed by atoms with van der Waals surface area (Å²) < 4.78 is 0.664. The standard InChI is InChI=1S/C16H23BrN2O/c1-10-5-4-8-12(9-10)15-18-14(11-6-2-3-7-11)13(17)16(20)19-15/h10-12H,2-9H2,1H3,(H,18,19,20). The lowest BCUT2D eigenvalue weighted by Gasteiger charge is -2.26. The number of nitrogens with one attached hydrogen (secondary N) is 1. The van der Waals surface area contributed by atoms with Gasteiger partial charge in [-0.1, -0.05) is 32.6 Å². The van der Waals surface area contributed by atoms with Crippen molar-refractivity contribution >= 4 is 15.9 Å². The van der Waals surface area contributed by atoms with E-state index in [0.29, 0.717) is 16.3 Å². The second kappa shape index (κ2) is 6.00. The highest BCUT2D eigenvalue weighted by atomic mass is 79.9. The fourth-order valence-corrected chi connectivity index (χ4v) is 4.35. The maximum absolute atomic E-state index is 12.2. The first-order valence-electron chi connectivity index (χ1n) is 7.94. The maximum Gasteiger partial charge on any atom is 0.265 e. The first-order chi connectivity index (χ1) is 9.65. The molecule has 2 saturated carbocycles. The zero-order chi connectivity index (χ0) is 14.1. The predicted molar refractivity (Wildman–Crippen MR) is 84.1 cm³/mol. The van der Waals surface area contributed by atoms with Gasteiger partial charge >= 0.3 is 0 Å². The van der Waals surface area contributed by atoms with E-state index in [9.17, 15) is 4.79 Å². The number of rotatable bonds is 2. The van der Waals surface area contributed by atoms with E-state index < -0.39 is 0 Å². The Kier molecular flexibility index (Phi) is 4.29. The summed E-state index contributed by atoms with van der Waals surface area (Å²) in [6.45, 7) is 2.31. The monoisotopic (exact) mass is 338 g/mol. The Morgan fingerprint density at radius 2 is 1.80 bits per heavy atom. The summed E-state index contributed by atoms with van der Waals surface area (Å²) in [6.07, 6.45) is 9.78. The molecule has 3 nitrogen and oxygen atoms in total. The highest BCUT2D eigenvalue weighted by Crippen LogP contribution is 2.38. The van der Waals surface area contributed by atoms with Gasteiger partial charge < -0.3 is 4.98 Å². The molecule has 0 radical (unpaired) electrons. The van der Waals surface area contributed by atoms with E-state index in [-0.39, 0.29) is 5.56 Å². The first-order valence-corrected chi connectivity index (χ1v) is 8.74. The maximum atomic E-state index is 12.2. The first kappa shape index (κ1) is 14.3. The summed E-state index contributed by atoms with van der Waals surface area (Å²) in [6, 6.07) is 0. The molecular weight excluding hydrogens is 316 g/mol. The molecule has 0 aromatic carbocycles. The molecule has 1 aromatic rings. The molecule has 1 heterocycles. The third-order valence-electron chi connectivity index (χ3n) is 4.97. The number of nitrogens with zero attached hydrogens (tertiary/aromatic N) is 1. The van der Waals surface area contributed by atoms with Crippen LogP contribution in [0.1, 0.15) is 81.6 Å². The van der Waals surface area contributed by atoms with E-state index in [1.54, 1.807) is 0 Å². The van der Waals surface area contributed by atoms with Crippen molar-refractivity contribution in [3.63, 3.8) is 0 Å². The van der Waals surface area contributed by atoms with E-state index in [1.807, 2.05) is 0 Å². The van der Waals surface area contributed by atoms with Crippen molar-refractivity contribution in [1.29, 1.82) is 0 Å². The van der Waals surface area contributed by atoms with E-state index in [4.69, 9.17) is 4.98 Å². The van der Waals surface area contributed by atoms with Crippen LogP contribution >= 0.6 is 15.9 Å². The van der Waals surface area contributed by atoms with E-state index in [2.05, 4.69) is 27.8 Å². The van der Waals surface area contributed by atoms with Crippen LogP contribution in [0.25, 0.3) is 0 Å². The Morgan fingerprint density at radius 3 is 2.50 bits per heavy atom. The van der Waals surface area contributed by atoms with Crippen molar-refractivity contribution in [2.45, 2.75) is 70.1 Å². The molecule has 0 amide bonds. The van der Waals surface area contributed by atoms with Gasteiger partial charge in [0.15, 0.2) is 0 Å².